The number of hydrogen-bond acceptors (Lipinski definition) is 2. The second kappa shape index (κ2) is 3.84. The van der Waals surface area contributed by atoms with Crippen LogP contribution in [0.15, 0.2) is 35.5 Å². The molecule has 18 heavy (non-hydrogen) atoms. The van der Waals surface area contributed by atoms with Crippen molar-refractivity contribution in [1.29, 1.82) is 0 Å². The molecule has 1 aliphatic heterocycles. The van der Waals surface area contributed by atoms with Gasteiger partial charge in [0.2, 0.25) is 0 Å². The minimum atomic E-state index is 0.387. The van der Waals surface area contributed by atoms with Crippen LogP contribution in [0, 0.1) is 17.8 Å². The lowest BCUT2D eigenvalue weighted by molar-refractivity contribution is -0.0328. The Morgan fingerprint density at radius 1 is 1.11 bits per heavy atom. The van der Waals surface area contributed by atoms with Gasteiger partial charge in [-0.25, -0.2) is 0 Å². The first kappa shape index (κ1) is 10.6. The Morgan fingerprint density at radius 2 is 1.89 bits per heavy atom. The van der Waals surface area contributed by atoms with Crippen molar-refractivity contribution in [3.63, 3.8) is 0 Å². The Morgan fingerprint density at radius 3 is 2.72 bits per heavy atom. The van der Waals surface area contributed by atoms with Crippen LogP contribution in [0.1, 0.15) is 37.7 Å². The molecule has 3 aliphatic rings. The Balaban J connectivity index is 1.76. The monoisotopic (exact) mass is 241 g/mol. The van der Waals surface area contributed by atoms with Crippen LogP contribution in [0.25, 0.3) is 0 Å². The summed E-state index contributed by atoms with van der Waals surface area (Å²) >= 11 is 0. The van der Waals surface area contributed by atoms with Crippen molar-refractivity contribution >= 4 is 5.71 Å². The van der Waals surface area contributed by atoms with Crippen LogP contribution in [0.3, 0.4) is 0 Å². The number of benzene rings is 1. The van der Waals surface area contributed by atoms with Gasteiger partial charge in [-0.15, -0.1) is 0 Å². The van der Waals surface area contributed by atoms with Crippen molar-refractivity contribution in [3.05, 3.63) is 35.9 Å². The van der Waals surface area contributed by atoms with Crippen molar-refractivity contribution in [1.82, 2.24) is 0 Å². The minimum Gasteiger partial charge on any atom is -0.392 e. The lowest BCUT2D eigenvalue weighted by Crippen LogP contribution is -2.39. The van der Waals surface area contributed by atoms with E-state index in [-0.39, 0.29) is 0 Å². The average Bonchev–Trinajstić information content (AvgIpc) is 3.01. The summed E-state index contributed by atoms with van der Waals surface area (Å²) in [7, 11) is 0. The molecule has 1 heterocycles. The Labute approximate surface area is 108 Å². The molecule has 94 valence electrons. The Bertz CT molecular complexity index is 481. The highest BCUT2D eigenvalue weighted by Gasteiger charge is 2.54. The van der Waals surface area contributed by atoms with Gasteiger partial charge in [0.25, 0.3) is 0 Å². The number of oxime groups is 1. The Hall–Kier alpha value is -1.31. The molecule has 0 radical (unpaired) electrons. The highest BCUT2D eigenvalue weighted by Crippen LogP contribution is 2.56. The van der Waals surface area contributed by atoms with E-state index < -0.39 is 0 Å². The molecule has 2 aliphatic carbocycles. The van der Waals surface area contributed by atoms with Gasteiger partial charge in [-0.1, -0.05) is 35.5 Å². The zero-order chi connectivity index (χ0) is 12.1. The first-order valence-electron chi connectivity index (χ1n) is 7.10. The summed E-state index contributed by atoms with van der Waals surface area (Å²) in [5, 5.41) is 4.37. The average molecular weight is 241 g/mol. The van der Waals surface area contributed by atoms with Gasteiger partial charge in [0.15, 0.2) is 0 Å². The zero-order valence-electron chi connectivity index (χ0n) is 10.8. The molecule has 4 rings (SSSR count). The van der Waals surface area contributed by atoms with E-state index in [4.69, 9.17) is 4.84 Å². The number of rotatable bonds is 1. The molecule has 0 aromatic heterocycles. The Kier molecular flexibility index (Phi) is 2.26. The molecule has 0 spiro atoms. The first-order valence-corrected chi connectivity index (χ1v) is 7.10. The summed E-state index contributed by atoms with van der Waals surface area (Å²) in [6, 6.07) is 10.9. The molecule has 1 aromatic rings. The molecule has 5 atom stereocenters. The highest BCUT2D eigenvalue weighted by molar-refractivity contribution is 5.89. The van der Waals surface area contributed by atoms with Crippen LogP contribution in [-0.4, -0.2) is 11.8 Å². The van der Waals surface area contributed by atoms with Crippen LogP contribution >= 0.6 is 0 Å². The van der Waals surface area contributed by atoms with Crippen LogP contribution in [-0.2, 0) is 4.84 Å². The predicted molar refractivity (Wildman–Crippen MR) is 71.5 cm³/mol. The van der Waals surface area contributed by atoms with Gasteiger partial charge in [0.1, 0.15) is 6.10 Å². The fourth-order valence-corrected chi connectivity index (χ4v) is 4.50. The number of hydrogen-bond donors (Lipinski definition) is 0. The molecular formula is C16H19NO. The fourth-order valence-electron chi connectivity index (χ4n) is 4.50. The molecule has 2 bridgehead atoms. The summed E-state index contributed by atoms with van der Waals surface area (Å²) in [6.07, 6.45) is 4.49. The maximum absolute atomic E-state index is 5.79. The third-order valence-electron chi connectivity index (χ3n) is 5.21. The van der Waals surface area contributed by atoms with Crippen LogP contribution in [0.5, 0.6) is 0 Å². The maximum atomic E-state index is 5.79. The van der Waals surface area contributed by atoms with Crippen molar-refractivity contribution in [3.8, 4) is 0 Å². The van der Waals surface area contributed by atoms with Crippen molar-refractivity contribution in [2.45, 2.75) is 38.2 Å². The second-order valence-corrected chi connectivity index (χ2v) is 6.10. The van der Waals surface area contributed by atoms with E-state index in [0.29, 0.717) is 17.9 Å². The smallest absolute Gasteiger partial charge is 0.134 e. The van der Waals surface area contributed by atoms with Gasteiger partial charge in [-0.2, -0.15) is 0 Å². The summed E-state index contributed by atoms with van der Waals surface area (Å²) in [5.74, 6) is 2.78. The normalized spacial score (nSPS) is 41.2. The van der Waals surface area contributed by atoms with Gasteiger partial charge in [-0.05, 0) is 43.6 Å². The summed E-state index contributed by atoms with van der Waals surface area (Å²) in [4.78, 5) is 5.79. The lowest BCUT2D eigenvalue weighted by Gasteiger charge is -2.38. The number of nitrogens with zero attached hydrogens (tertiary/aromatic N) is 1. The van der Waals surface area contributed by atoms with E-state index in [1.165, 1.54) is 24.8 Å². The van der Waals surface area contributed by atoms with E-state index in [0.717, 1.165) is 17.5 Å². The fraction of sp³-hybridized carbons (Fsp3) is 0.562. The standard InChI is InChI=1S/C16H19NO/c1-10-14(11-5-3-2-4-6-11)15-12-7-8-13(9-12)16(15)18-17-10/h2-6,12-16H,7-9H2,1H3/t12-,13+,14-,15-,16-/m0/s1. The van der Waals surface area contributed by atoms with Crippen LogP contribution in [0.2, 0.25) is 0 Å². The van der Waals surface area contributed by atoms with E-state index >= 15 is 0 Å². The molecule has 2 saturated carbocycles. The first-order chi connectivity index (χ1) is 8.84. The molecule has 2 nitrogen and oxygen atoms in total. The molecule has 2 heteroatoms. The zero-order valence-corrected chi connectivity index (χ0v) is 10.8. The van der Waals surface area contributed by atoms with E-state index in [1.54, 1.807) is 0 Å². The molecule has 0 saturated heterocycles. The topological polar surface area (TPSA) is 21.6 Å². The molecule has 2 fully saturated rings. The third kappa shape index (κ3) is 1.38. The van der Waals surface area contributed by atoms with Gasteiger partial charge in [-0.3, -0.25) is 0 Å². The second-order valence-electron chi connectivity index (χ2n) is 6.10. The summed E-state index contributed by atoms with van der Waals surface area (Å²) in [6.45, 7) is 2.12. The third-order valence-corrected chi connectivity index (χ3v) is 5.21. The summed E-state index contributed by atoms with van der Waals surface area (Å²) < 4.78 is 0. The maximum Gasteiger partial charge on any atom is 0.134 e. The molecule has 1 aromatic carbocycles. The number of fused-ring (bicyclic) bond motifs is 5. The van der Waals surface area contributed by atoms with Crippen molar-refractivity contribution in [2.24, 2.45) is 22.9 Å². The van der Waals surface area contributed by atoms with Gasteiger partial charge < -0.3 is 4.84 Å². The molecule has 0 unspecified atom stereocenters. The summed E-state index contributed by atoms with van der Waals surface area (Å²) in [5.41, 5.74) is 2.58. The van der Waals surface area contributed by atoms with Gasteiger partial charge in [0.05, 0.1) is 5.71 Å². The van der Waals surface area contributed by atoms with E-state index in [2.05, 4.69) is 42.4 Å². The lowest BCUT2D eigenvalue weighted by atomic mass is 9.72. The SMILES string of the molecule is CC1=NO[C@H]2[C@@H]3CC[C@@H](C3)[C@H]2[C@@H]1c1ccccc1. The van der Waals surface area contributed by atoms with Crippen LogP contribution in [0.4, 0.5) is 0 Å². The van der Waals surface area contributed by atoms with Gasteiger partial charge in [0, 0.05) is 11.8 Å². The van der Waals surface area contributed by atoms with Crippen molar-refractivity contribution in [2.75, 3.05) is 0 Å². The highest BCUT2D eigenvalue weighted by atomic mass is 16.6. The van der Waals surface area contributed by atoms with Crippen LogP contribution < -0.4 is 0 Å². The molecule has 0 N–H and O–H groups in total. The van der Waals surface area contributed by atoms with Gasteiger partial charge >= 0.3 is 0 Å². The molecule has 0 amide bonds. The quantitative estimate of drug-likeness (QED) is 0.736. The van der Waals surface area contributed by atoms with Crippen molar-refractivity contribution < 1.29 is 4.84 Å². The minimum absolute atomic E-state index is 0.387. The van der Waals surface area contributed by atoms with E-state index in [9.17, 15) is 0 Å². The molecular weight excluding hydrogens is 222 g/mol. The predicted octanol–water partition coefficient (Wildman–Crippen LogP) is 3.59. The van der Waals surface area contributed by atoms with E-state index in [1.807, 2.05) is 0 Å². The largest absolute Gasteiger partial charge is 0.392 e.